The van der Waals surface area contributed by atoms with Gasteiger partial charge in [-0.25, -0.2) is 0 Å². The van der Waals surface area contributed by atoms with E-state index in [0.717, 1.165) is 18.4 Å². The Hall–Kier alpha value is -2.62. The van der Waals surface area contributed by atoms with Crippen molar-refractivity contribution in [3.05, 3.63) is 71.8 Å². The van der Waals surface area contributed by atoms with Crippen molar-refractivity contribution in [2.75, 3.05) is 6.54 Å². The first-order chi connectivity index (χ1) is 12.6. The fourth-order valence-electron chi connectivity index (χ4n) is 3.70. The predicted molar refractivity (Wildman–Crippen MR) is 103 cm³/mol. The number of carbonyl (C=O) groups is 2. The minimum atomic E-state index is -0.239. The van der Waals surface area contributed by atoms with E-state index in [9.17, 15) is 9.59 Å². The Morgan fingerprint density at radius 3 is 2.23 bits per heavy atom. The molecule has 2 unspecified atom stereocenters. The number of nitrogens with zero attached hydrogens (tertiary/aromatic N) is 1. The minimum absolute atomic E-state index is 0.0125. The van der Waals surface area contributed by atoms with Crippen molar-refractivity contribution >= 4 is 11.8 Å². The van der Waals surface area contributed by atoms with Gasteiger partial charge >= 0.3 is 0 Å². The van der Waals surface area contributed by atoms with Gasteiger partial charge in [0, 0.05) is 18.2 Å². The van der Waals surface area contributed by atoms with Crippen LogP contribution in [0.1, 0.15) is 48.7 Å². The van der Waals surface area contributed by atoms with Gasteiger partial charge < -0.3 is 10.2 Å². The number of amides is 2. The van der Waals surface area contributed by atoms with Crippen molar-refractivity contribution in [2.24, 2.45) is 5.92 Å². The van der Waals surface area contributed by atoms with Crippen LogP contribution < -0.4 is 5.32 Å². The third-order valence-electron chi connectivity index (χ3n) is 4.82. The summed E-state index contributed by atoms with van der Waals surface area (Å²) in [6.07, 6.45) is 1.62. The standard InChI is InChI=1S/C22H26N2O2/c1-16(2)23-21(25)19-14-9-15-24(20(19)17-10-5-3-6-11-17)22(26)18-12-7-4-8-13-18/h3-8,10-13,16,19-20H,9,14-15H2,1-2H3,(H,23,25). The molecule has 4 nitrogen and oxygen atoms in total. The number of rotatable bonds is 4. The maximum atomic E-state index is 13.2. The Balaban J connectivity index is 1.96. The molecule has 1 heterocycles. The van der Waals surface area contributed by atoms with Crippen LogP contribution in [0.3, 0.4) is 0 Å². The van der Waals surface area contributed by atoms with E-state index in [1.165, 1.54) is 0 Å². The summed E-state index contributed by atoms with van der Waals surface area (Å²) in [6, 6.07) is 19.1. The molecule has 1 saturated heterocycles. The van der Waals surface area contributed by atoms with Crippen LogP contribution in [0.15, 0.2) is 60.7 Å². The molecule has 0 bridgehead atoms. The molecular formula is C22H26N2O2. The monoisotopic (exact) mass is 350 g/mol. The summed E-state index contributed by atoms with van der Waals surface area (Å²) in [4.78, 5) is 27.9. The van der Waals surface area contributed by atoms with Crippen LogP contribution >= 0.6 is 0 Å². The zero-order chi connectivity index (χ0) is 18.5. The van der Waals surface area contributed by atoms with E-state index in [2.05, 4.69) is 5.32 Å². The van der Waals surface area contributed by atoms with E-state index >= 15 is 0 Å². The predicted octanol–water partition coefficient (Wildman–Crippen LogP) is 3.80. The van der Waals surface area contributed by atoms with Crippen LogP contribution in [0.2, 0.25) is 0 Å². The molecule has 2 amide bonds. The molecular weight excluding hydrogens is 324 g/mol. The average molecular weight is 350 g/mol. The Morgan fingerprint density at radius 2 is 1.62 bits per heavy atom. The molecule has 4 heteroatoms. The Kier molecular flexibility index (Phi) is 5.71. The molecule has 1 aliphatic heterocycles. The second-order valence-electron chi connectivity index (χ2n) is 7.13. The molecule has 1 N–H and O–H groups in total. The number of nitrogens with one attached hydrogen (secondary N) is 1. The lowest BCUT2D eigenvalue weighted by Crippen LogP contribution is -2.48. The van der Waals surface area contributed by atoms with Crippen molar-refractivity contribution < 1.29 is 9.59 Å². The smallest absolute Gasteiger partial charge is 0.254 e. The van der Waals surface area contributed by atoms with Gasteiger partial charge in [0.25, 0.3) is 5.91 Å². The molecule has 26 heavy (non-hydrogen) atoms. The third-order valence-corrected chi connectivity index (χ3v) is 4.82. The lowest BCUT2D eigenvalue weighted by Gasteiger charge is -2.41. The summed E-state index contributed by atoms with van der Waals surface area (Å²) in [5.41, 5.74) is 1.68. The number of benzene rings is 2. The van der Waals surface area contributed by atoms with Crippen LogP contribution in [0, 0.1) is 5.92 Å². The maximum Gasteiger partial charge on any atom is 0.254 e. The maximum absolute atomic E-state index is 13.2. The van der Waals surface area contributed by atoms with Crippen molar-refractivity contribution in [1.29, 1.82) is 0 Å². The van der Waals surface area contributed by atoms with Crippen molar-refractivity contribution in [2.45, 2.75) is 38.8 Å². The molecule has 1 aliphatic rings. The number of piperidine rings is 1. The van der Waals surface area contributed by atoms with Gasteiger partial charge in [0.15, 0.2) is 0 Å². The number of hydrogen-bond donors (Lipinski definition) is 1. The largest absolute Gasteiger partial charge is 0.354 e. The van der Waals surface area contributed by atoms with Crippen LogP contribution in [-0.2, 0) is 4.79 Å². The van der Waals surface area contributed by atoms with Gasteiger partial charge in [-0.15, -0.1) is 0 Å². The first-order valence-corrected chi connectivity index (χ1v) is 9.29. The SMILES string of the molecule is CC(C)NC(=O)C1CCCN(C(=O)c2ccccc2)C1c1ccccc1. The quantitative estimate of drug-likeness (QED) is 0.912. The molecule has 136 valence electrons. The van der Waals surface area contributed by atoms with Gasteiger partial charge in [-0.1, -0.05) is 48.5 Å². The molecule has 2 atom stereocenters. The molecule has 1 fully saturated rings. The third kappa shape index (κ3) is 3.96. The Bertz CT molecular complexity index is 743. The lowest BCUT2D eigenvalue weighted by atomic mass is 9.83. The molecule has 2 aromatic rings. The van der Waals surface area contributed by atoms with Crippen LogP contribution in [0.4, 0.5) is 0 Å². The van der Waals surface area contributed by atoms with Crippen molar-refractivity contribution in [1.82, 2.24) is 10.2 Å². The normalized spacial score (nSPS) is 20.0. The fraction of sp³-hybridized carbons (Fsp3) is 0.364. The Morgan fingerprint density at radius 1 is 1.00 bits per heavy atom. The molecule has 3 rings (SSSR count). The summed E-state index contributed by atoms with van der Waals surface area (Å²) < 4.78 is 0. The van der Waals surface area contributed by atoms with E-state index in [4.69, 9.17) is 0 Å². The minimum Gasteiger partial charge on any atom is -0.354 e. The second kappa shape index (κ2) is 8.17. The summed E-state index contributed by atoms with van der Waals surface area (Å²) in [7, 11) is 0. The summed E-state index contributed by atoms with van der Waals surface area (Å²) in [5.74, 6) is -0.220. The summed E-state index contributed by atoms with van der Waals surface area (Å²) in [5, 5.41) is 3.03. The van der Waals surface area contributed by atoms with Crippen molar-refractivity contribution in [3.8, 4) is 0 Å². The molecule has 0 saturated carbocycles. The average Bonchev–Trinajstić information content (AvgIpc) is 2.67. The van der Waals surface area contributed by atoms with E-state index in [1.807, 2.05) is 79.4 Å². The fourth-order valence-corrected chi connectivity index (χ4v) is 3.70. The zero-order valence-corrected chi connectivity index (χ0v) is 15.4. The number of carbonyl (C=O) groups excluding carboxylic acids is 2. The van der Waals surface area contributed by atoms with Gasteiger partial charge in [-0.05, 0) is 44.4 Å². The molecule has 0 radical (unpaired) electrons. The first-order valence-electron chi connectivity index (χ1n) is 9.29. The highest BCUT2D eigenvalue weighted by atomic mass is 16.2. The van der Waals surface area contributed by atoms with Crippen LogP contribution in [0.25, 0.3) is 0 Å². The molecule has 2 aromatic carbocycles. The molecule has 0 aliphatic carbocycles. The van der Waals surface area contributed by atoms with Gasteiger partial charge in [0.2, 0.25) is 5.91 Å². The number of hydrogen-bond acceptors (Lipinski definition) is 2. The second-order valence-corrected chi connectivity index (χ2v) is 7.13. The highest BCUT2D eigenvalue weighted by molar-refractivity contribution is 5.95. The zero-order valence-electron chi connectivity index (χ0n) is 15.4. The summed E-state index contributed by atoms with van der Waals surface area (Å²) >= 11 is 0. The van der Waals surface area contributed by atoms with E-state index in [0.29, 0.717) is 12.1 Å². The number of likely N-dealkylation sites (tertiary alicyclic amines) is 1. The van der Waals surface area contributed by atoms with E-state index < -0.39 is 0 Å². The van der Waals surface area contributed by atoms with Gasteiger partial charge in [-0.2, -0.15) is 0 Å². The van der Waals surface area contributed by atoms with E-state index in [1.54, 1.807) is 0 Å². The lowest BCUT2D eigenvalue weighted by molar-refractivity contribution is -0.128. The van der Waals surface area contributed by atoms with E-state index in [-0.39, 0.29) is 29.8 Å². The topological polar surface area (TPSA) is 49.4 Å². The first kappa shape index (κ1) is 18.2. The highest BCUT2D eigenvalue weighted by Gasteiger charge is 2.39. The molecule has 0 spiro atoms. The highest BCUT2D eigenvalue weighted by Crippen LogP contribution is 2.37. The Labute approximate surface area is 155 Å². The van der Waals surface area contributed by atoms with Gasteiger partial charge in [0.1, 0.15) is 0 Å². The molecule has 0 aromatic heterocycles. The van der Waals surface area contributed by atoms with Gasteiger partial charge in [-0.3, -0.25) is 9.59 Å². The van der Waals surface area contributed by atoms with Crippen LogP contribution in [-0.4, -0.2) is 29.3 Å². The van der Waals surface area contributed by atoms with Crippen LogP contribution in [0.5, 0.6) is 0 Å². The summed E-state index contributed by atoms with van der Waals surface area (Å²) in [6.45, 7) is 4.59. The van der Waals surface area contributed by atoms with Gasteiger partial charge in [0.05, 0.1) is 12.0 Å². The van der Waals surface area contributed by atoms with Crippen molar-refractivity contribution in [3.63, 3.8) is 0 Å².